The van der Waals surface area contributed by atoms with Crippen molar-refractivity contribution >= 4 is 12.0 Å². The Kier molecular flexibility index (Phi) is 7.17. The topological polar surface area (TPSA) is 77.0 Å². The number of hydrogen-bond acceptors (Lipinski definition) is 6. The van der Waals surface area contributed by atoms with Crippen molar-refractivity contribution < 1.29 is 24.1 Å². The van der Waals surface area contributed by atoms with Gasteiger partial charge in [0.2, 0.25) is 5.79 Å². The van der Waals surface area contributed by atoms with Gasteiger partial charge in [-0.15, -0.1) is 0 Å². The predicted molar refractivity (Wildman–Crippen MR) is 127 cm³/mol. The molecule has 0 fully saturated rings. The van der Waals surface area contributed by atoms with Crippen LogP contribution in [-0.2, 0) is 33.7 Å². The fourth-order valence-corrected chi connectivity index (χ4v) is 4.37. The van der Waals surface area contributed by atoms with Gasteiger partial charge in [0.25, 0.3) is 0 Å². The molecule has 0 aromatic heterocycles. The summed E-state index contributed by atoms with van der Waals surface area (Å²) in [6.45, 7) is 6.91. The molecule has 4 rings (SSSR count). The molecule has 0 bridgehead atoms. The highest BCUT2D eigenvalue weighted by Gasteiger charge is 2.28. The number of ether oxygens (including phenoxy) is 3. The summed E-state index contributed by atoms with van der Waals surface area (Å²) in [5.41, 5.74) is 5.44. The molecule has 1 aliphatic carbocycles. The van der Waals surface area contributed by atoms with E-state index in [4.69, 9.17) is 14.2 Å². The summed E-state index contributed by atoms with van der Waals surface area (Å²) in [7, 11) is 0. The van der Waals surface area contributed by atoms with Gasteiger partial charge in [0.15, 0.2) is 0 Å². The van der Waals surface area contributed by atoms with Crippen molar-refractivity contribution in [3.05, 3.63) is 70.3 Å². The van der Waals surface area contributed by atoms with Gasteiger partial charge in [-0.25, -0.2) is 4.79 Å². The molecule has 33 heavy (non-hydrogen) atoms. The minimum absolute atomic E-state index is 0.293. The minimum atomic E-state index is -0.625. The summed E-state index contributed by atoms with van der Waals surface area (Å²) < 4.78 is 16.5. The maximum atomic E-state index is 11.6. The maximum Gasteiger partial charge on any atom is 0.330 e. The maximum absolute atomic E-state index is 11.6. The SMILES string of the molecule is CCOC(=O)C=Cc1ccc2c(c1)C[C@@H](NC[C@@H](O)c1ccc3c(c1)COC(C)(C)O3)CC2. The van der Waals surface area contributed by atoms with E-state index in [0.717, 1.165) is 41.7 Å². The molecule has 0 spiro atoms. The number of hydrogen-bond donors (Lipinski definition) is 2. The van der Waals surface area contributed by atoms with Gasteiger partial charge in [0, 0.05) is 38.1 Å². The molecule has 2 atom stereocenters. The number of fused-ring (bicyclic) bond motifs is 2. The number of rotatable bonds is 7. The van der Waals surface area contributed by atoms with Gasteiger partial charge < -0.3 is 24.6 Å². The van der Waals surface area contributed by atoms with Crippen molar-refractivity contribution in [2.75, 3.05) is 13.2 Å². The first-order chi connectivity index (χ1) is 15.8. The molecule has 6 nitrogen and oxygen atoms in total. The second-order valence-corrected chi connectivity index (χ2v) is 9.14. The van der Waals surface area contributed by atoms with Crippen LogP contribution in [0.3, 0.4) is 0 Å². The van der Waals surface area contributed by atoms with Crippen LogP contribution in [0.15, 0.2) is 42.5 Å². The Morgan fingerprint density at radius 2 is 2.09 bits per heavy atom. The van der Waals surface area contributed by atoms with Crippen LogP contribution in [0.5, 0.6) is 5.75 Å². The zero-order valence-electron chi connectivity index (χ0n) is 19.6. The summed E-state index contributed by atoms with van der Waals surface area (Å²) in [5, 5.41) is 14.3. The fourth-order valence-electron chi connectivity index (χ4n) is 4.37. The fraction of sp³-hybridized carbons (Fsp3) is 0.444. The Hall–Kier alpha value is -2.67. The minimum Gasteiger partial charge on any atom is -0.463 e. The molecular formula is C27H33NO5. The first-order valence-corrected chi connectivity index (χ1v) is 11.7. The average molecular weight is 452 g/mol. The van der Waals surface area contributed by atoms with Gasteiger partial charge in [-0.2, -0.15) is 0 Å². The smallest absolute Gasteiger partial charge is 0.330 e. The third-order valence-corrected chi connectivity index (χ3v) is 6.16. The number of benzene rings is 2. The lowest BCUT2D eigenvalue weighted by atomic mass is 9.87. The van der Waals surface area contributed by atoms with Crippen molar-refractivity contribution in [1.29, 1.82) is 0 Å². The van der Waals surface area contributed by atoms with Crippen molar-refractivity contribution in [2.24, 2.45) is 0 Å². The van der Waals surface area contributed by atoms with E-state index in [1.54, 1.807) is 13.0 Å². The van der Waals surface area contributed by atoms with Crippen LogP contribution >= 0.6 is 0 Å². The third-order valence-electron chi connectivity index (χ3n) is 6.16. The molecule has 2 aliphatic rings. The Labute approximate surface area is 195 Å². The van der Waals surface area contributed by atoms with E-state index >= 15 is 0 Å². The Morgan fingerprint density at radius 3 is 2.91 bits per heavy atom. The van der Waals surface area contributed by atoms with Crippen LogP contribution in [0.2, 0.25) is 0 Å². The van der Waals surface area contributed by atoms with E-state index in [0.29, 0.717) is 25.8 Å². The number of aliphatic hydroxyl groups is 1. The van der Waals surface area contributed by atoms with Gasteiger partial charge in [-0.1, -0.05) is 24.3 Å². The molecule has 2 aromatic rings. The molecule has 2 aromatic carbocycles. The zero-order chi connectivity index (χ0) is 23.4. The molecule has 0 saturated heterocycles. The van der Waals surface area contributed by atoms with Crippen LogP contribution < -0.4 is 10.1 Å². The molecule has 0 amide bonds. The molecule has 0 radical (unpaired) electrons. The van der Waals surface area contributed by atoms with E-state index in [9.17, 15) is 9.90 Å². The Morgan fingerprint density at radius 1 is 1.24 bits per heavy atom. The number of aryl methyl sites for hydroxylation is 1. The van der Waals surface area contributed by atoms with E-state index in [1.165, 1.54) is 17.2 Å². The first-order valence-electron chi connectivity index (χ1n) is 11.7. The second kappa shape index (κ2) is 10.1. The van der Waals surface area contributed by atoms with E-state index < -0.39 is 11.9 Å². The molecule has 2 N–H and O–H groups in total. The van der Waals surface area contributed by atoms with Gasteiger partial charge in [0.05, 0.1) is 19.3 Å². The van der Waals surface area contributed by atoms with E-state index in [2.05, 4.69) is 17.4 Å². The molecule has 176 valence electrons. The number of aliphatic hydroxyl groups excluding tert-OH is 1. The lowest BCUT2D eigenvalue weighted by molar-refractivity contribution is -0.180. The average Bonchev–Trinajstić information content (AvgIpc) is 2.80. The highest BCUT2D eigenvalue weighted by atomic mass is 16.7. The number of nitrogens with one attached hydrogen (secondary N) is 1. The summed E-state index contributed by atoms with van der Waals surface area (Å²) in [5.74, 6) is -0.139. The lowest BCUT2D eigenvalue weighted by Gasteiger charge is -2.33. The van der Waals surface area contributed by atoms with E-state index in [1.807, 2.05) is 38.1 Å². The Balaban J connectivity index is 1.34. The standard InChI is InChI=1S/C27H33NO5/c1-4-31-26(30)12-6-18-5-7-19-8-10-23(15-21(19)13-18)28-16-24(29)20-9-11-25-22(14-20)17-32-27(2,3)33-25/h5-7,9,11-14,23-24,28-29H,4,8,10,15-17H2,1-3H3/t23-,24+/m0/s1. The van der Waals surface area contributed by atoms with E-state index in [-0.39, 0.29) is 5.97 Å². The second-order valence-electron chi connectivity index (χ2n) is 9.14. The highest BCUT2D eigenvalue weighted by molar-refractivity contribution is 5.87. The third kappa shape index (κ3) is 6.02. The lowest BCUT2D eigenvalue weighted by Crippen LogP contribution is -2.37. The van der Waals surface area contributed by atoms with Gasteiger partial charge >= 0.3 is 5.97 Å². The first kappa shape index (κ1) is 23.5. The molecule has 6 heteroatoms. The summed E-state index contributed by atoms with van der Waals surface area (Å²) in [6.07, 6.45) is 5.57. The molecule has 0 saturated carbocycles. The van der Waals surface area contributed by atoms with Crippen LogP contribution in [0.25, 0.3) is 6.08 Å². The van der Waals surface area contributed by atoms with Gasteiger partial charge in [-0.3, -0.25) is 0 Å². The number of esters is 1. The highest BCUT2D eigenvalue weighted by Crippen LogP contribution is 2.33. The van der Waals surface area contributed by atoms with Crippen molar-refractivity contribution in [2.45, 2.75) is 64.6 Å². The molecule has 1 heterocycles. The summed E-state index contributed by atoms with van der Waals surface area (Å²) >= 11 is 0. The monoisotopic (exact) mass is 451 g/mol. The quantitative estimate of drug-likeness (QED) is 0.488. The van der Waals surface area contributed by atoms with Crippen molar-refractivity contribution in [3.63, 3.8) is 0 Å². The largest absolute Gasteiger partial charge is 0.463 e. The molecule has 0 unspecified atom stereocenters. The zero-order valence-corrected chi connectivity index (χ0v) is 19.6. The van der Waals surface area contributed by atoms with Crippen LogP contribution in [0.1, 0.15) is 61.1 Å². The normalized spacial score (nSPS) is 19.9. The van der Waals surface area contributed by atoms with Gasteiger partial charge in [-0.05, 0) is 66.6 Å². The Bertz CT molecular complexity index is 1030. The van der Waals surface area contributed by atoms with Crippen LogP contribution in [0.4, 0.5) is 0 Å². The van der Waals surface area contributed by atoms with Crippen molar-refractivity contribution in [3.8, 4) is 5.75 Å². The summed E-state index contributed by atoms with van der Waals surface area (Å²) in [6, 6.07) is 12.4. The van der Waals surface area contributed by atoms with Crippen LogP contribution in [0, 0.1) is 0 Å². The number of carbonyl (C=O) groups excluding carboxylic acids is 1. The summed E-state index contributed by atoms with van der Waals surface area (Å²) in [4.78, 5) is 11.6. The number of carbonyl (C=O) groups is 1. The molecule has 1 aliphatic heterocycles. The van der Waals surface area contributed by atoms with Gasteiger partial charge in [0.1, 0.15) is 5.75 Å². The predicted octanol–water partition coefficient (Wildman–Crippen LogP) is 4.09. The van der Waals surface area contributed by atoms with Crippen molar-refractivity contribution in [1.82, 2.24) is 5.32 Å². The molecular weight excluding hydrogens is 418 g/mol. The van der Waals surface area contributed by atoms with Crippen LogP contribution in [-0.4, -0.2) is 36.1 Å².